The summed E-state index contributed by atoms with van der Waals surface area (Å²) in [7, 11) is 0. The topological polar surface area (TPSA) is 29.9 Å². The van der Waals surface area contributed by atoms with Crippen molar-refractivity contribution < 1.29 is 4.74 Å². The summed E-state index contributed by atoms with van der Waals surface area (Å²) in [4.78, 5) is 3.26. The molecule has 0 spiro atoms. The van der Waals surface area contributed by atoms with Crippen LogP contribution in [0.5, 0.6) is 0 Å². The second kappa shape index (κ2) is 6.35. The number of aromatic nitrogens is 2. The number of hydrogen-bond donors (Lipinski definition) is 1. The molecule has 19 heavy (non-hydrogen) atoms. The summed E-state index contributed by atoms with van der Waals surface area (Å²) >= 11 is 5.39. The number of nitrogens with one attached hydrogen (secondary N) is 1. The average molecular weight is 278 g/mol. The van der Waals surface area contributed by atoms with E-state index in [1.807, 2.05) is 0 Å². The van der Waals surface area contributed by atoms with Crippen LogP contribution in [0.1, 0.15) is 32.3 Å². The van der Waals surface area contributed by atoms with Crippen molar-refractivity contribution >= 4 is 23.3 Å². The molecule has 0 aliphatic carbocycles. The maximum Gasteiger partial charge on any atom is 0.178 e. The largest absolute Gasteiger partial charge is 0.379 e. The van der Waals surface area contributed by atoms with Crippen molar-refractivity contribution in [3.63, 3.8) is 0 Å². The molecule has 0 amide bonds. The Hall–Kier alpha value is -1.13. The van der Waals surface area contributed by atoms with Gasteiger partial charge in [0.05, 0.1) is 17.1 Å². The van der Waals surface area contributed by atoms with Gasteiger partial charge in [0.2, 0.25) is 0 Å². The quantitative estimate of drug-likeness (QED) is 0.633. The molecule has 0 radical (unpaired) electrons. The third-order valence-corrected chi connectivity index (χ3v) is 3.48. The number of fused-ring (bicyclic) bond motifs is 1. The summed E-state index contributed by atoms with van der Waals surface area (Å²) < 4.78 is 8.55. The Morgan fingerprint density at radius 2 is 2.11 bits per heavy atom. The second-order valence-corrected chi connectivity index (χ2v) is 5.62. The highest BCUT2D eigenvalue weighted by Gasteiger charge is 2.04. The molecular weight excluding hydrogens is 256 g/mol. The number of hydrogen-bond acceptors (Lipinski definition) is 2. The molecule has 0 saturated carbocycles. The van der Waals surface area contributed by atoms with Crippen LogP contribution in [0.2, 0.25) is 0 Å². The summed E-state index contributed by atoms with van der Waals surface area (Å²) in [5.41, 5.74) is 3.59. The molecule has 1 aromatic carbocycles. The maximum absolute atomic E-state index is 5.55. The highest BCUT2D eigenvalue weighted by atomic mass is 32.1. The first kappa shape index (κ1) is 14.3. The minimum Gasteiger partial charge on any atom is -0.379 e. The smallest absolute Gasteiger partial charge is 0.178 e. The van der Waals surface area contributed by atoms with E-state index < -0.39 is 0 Å². The average Bonchev–Trinajstić information content (AvgIpc) is 2.65. The molecular formula is C15H22N2OS. The number of imidazole rings is 1. The molecule has 2 rings (SSSR count). The molecule has 1 N–H and O–H groups in total. The first-order chi connectivity index (χ1) is 9.08. The van der Waals surface area contributed by atoms with Gasteiger partial charge in [-0.2, -0.15) is 0 Å². The first-order valence-corrected chi connectivity index (χ1v) is 7.29. The number of rotatable bonds is 6. The fraction of sp³-hybridized carbons (Fsp3) is 0.533. The molecule has 0 fully saturated rings. The normalized spacial score (nSPS) is 11.6. The molecule has 0 aliphatic rings. The lowest BCUT2D eigenvalue weighted by atomic mass is 10.2. The van der Waals surface area contributed by atoms with E-state index in [0.29, 0.717) is 6.10 Å². The SMILES string of the molecule is Cc1ccc2[nH]c(=S)n(CCCCOC(C)C)c2c1. The van der Waals surface area contributed by atoms with Gasteiger partial charge in [-0.25, -0.2) is 0 Å². The lowest BCUT2D eigenvalue weighted by Crippen LogP contribution is -2.05. The Bertz CT molecular complexity index is 598. The number of aromatic amines is 1. The second-order valence-electron chi connectivity index (χ2n) is 5.23. The zero-order valence-electron chi connectivity index (χ0n) is 11.9. The molecule has 3 nitrogen and oxygen atoms in total. The van der Waals surface area contributed by atoms with Crippen LogP contribution in [-0.2, 0) is 11.3 Å². The Morgan fingerprint density at radius 3 is 2.84 bits per heavy atom. The molecule has 0 unspecified atom stereocenters. The van der Waals surface area contributed by atoms with Gasteiger partial charge >= 0.3 is 0 Å². The van der Waals surface area contributed by atoms with Crippen LogP contribution in [0.15, 0.2) is 18.2 Å². The molecule has 104 valence electrons. The first-order valence-electron chi connectivity index (χ1n) is 6.88. The van der Waals surface area contributed by atoms with Gasteiger partial charge < -0.3 is 14.3 Å². The van der Waals surface area contributed by atoms with Gasteiger partial charge in [0.1, 0.15) is 0 Å². The third kappa shape index (κ3) is 3.67. The molecule has 0 saturated heterocycles. The van der Waals surface area contributed by atoms with Gasteiger partial charge in [0.25, 0.3) is 0 Å². The maximum atomic E-state index is 5.55. The van der Waals surface area contributed by atoms with Gasteiger partial charge in [0.15, 0.2) is 4.77 Å². The summed E-state index contributed by atoms with van der Waals surface area (Å²) in [6, 6.07) is 6.39. The van der Waals surface area contributed by atoms with E-state index in [1.165, 1.54) is 11.1 Å². The van der Waals surface area contributed by atoms with Crippen molar-refractivity contribution in [3.05, 3.63) is 28.5 Å². The Morgan fingerprint density at radius 1 is 1.32 bits per heavy atom. The van der Waals surface area contributed by atoms with Crippen LogP contribution < -0.4 is 0 Å². The Labute approximate surface area is 119 Å². The van der Waals surface area contributed by atoms with Crippen molar-refractivity contribution in [1.29, 1.82) is 0 Å². The lowest BCUT2D eigenvalue weighted by Gasteiger charge is -2.08. The van der Waals surface area contributed by atoms with E-state index in [0.717, 1.165) is 36.3 Å². The van der Waals surface area contributed by atoms with Gasteiger partial charge in [-0.05, 0) is 63.5 Å². The van der Waals surface area contributed by atoms with Crippen LogP contribution in [0, 0.1) is 11.7 Å². The third-order valence-electron chi connectivity index (χ3n) is 3.16. The van der Waals surface area contributed by atoms with Gasteiger partial charge in [-0.1, -0.05) is 6.07 Å². The lowest BCUT2D eigenvalue weighted by molar-refractivity contribution is 0.0755. The van der Waals surface area contributed by atoms with Gasteiger partial charge in [0, 0.05) is 13.2 Å². The molecule has 4 heteroatoms. The molecule has 0 aliphatic heterocycles. The van der Waals surface area contributed by atoms with Crippen molar-refractivity contribution in [2.45, 2.75) is 46.3 Å². The molecule has 0 atom stereocenters. The number of unbranched alkanes of at least 4 members (excludes halogenated alkanes) is 1. The number of nitrogens with zero attached hydrogens (tertiary/aromatic N) is 1. The van der Waals surface area contributed by atoms with E-state index in [9.17, 15) is 0 Å². The van der Waals surface area contributed by atoms with E-state index in [1.54, 1.807) is 0 Å². The summed E-state index contributed by atoms with van der Waals surface area (Å²) in [5, 5.41) is 0. The van der Waals surface area contributed by atoms with Crippen LogP contribution >= 0.6 is 12.2 Å². The van der Waals surface area contributed by atoms with Crippen molar-refractivity contribution in [3.8, 4) is 0 Å². The van der Waals surface area contributed by atoms with E-state index in [-0.39, 0.29) is 0 Å². The standard InChI is InChI=1S/C15H22N2OS/c1-11(2)18-9-5-4-8-17-14-10-12(3)6-7-13(14)16-15(17)19/h6-7,10-11H,4-5,8-9H2,1-3H3,(H,16,19). The Kier molecular flexibility index (Phi) is 4.77. The van der Waals surface area contributed by atoms with Crippen molar-refractivity contribution in [2.75, 3.05) is 6.61 Å². The summed E-state index contributed by atoms with van der Waals surface area (Å²) in [6.07, 6.45) is 2.47. The molecule has 1 heterocycles. The van der Waals surface area contributed by atoms with Crippen LogP contribution in [0.3, 0.4) is 0 Å². The number of ether oxygens (including phenoxy) is 1. The minimum absolute atomic E-state index is 0.318. The highest BCUT2D eigenvalue weighted by Crippen LogP contribution is 2.16. The van der Waals surface area contributed by atoms with E-state index in [2.05, 4.69) is 48.5 Å². The van der Waals surface area contributed by atoms with Gasteiger partial charge in [-0.15, -0.1) is 0 Å². The van der Waals surface area contributed by atoms with Crippen molar-refractivity contribution in [1.82, 2.24) is 9.55 Å². The predicted octanol–water partition coefficient (Wildman–Crippen LogP) is 4.21. The van der Waals surface area contributed by atoms with E-state index >= 15 is 0 Å². The minimum atomic E-state index is 0.318. The fourth-order valence-electron chi connectivity index (χ4n) is 2.18. The van der Waals surface area contributed by atoms with Crippen LogP contribution in [-0.4, -0.2) is 22.3 Å². The Balaban J connectivity index is 2.02. The molecule has 1 aromatic heterocycles. The number of aryl methyl sites for hydroxylation is 2. The van der Waals surface area contributed by atoms with Crippen LogP contribution in [0.25, 0.3) is 11.0 Å². The predicted molar refractivity (Wildman–Crippen MR) is 82.2 cm³/mol. The van der Waals surface area contributed by atoms with Crippen molar-refractivity contribution in [2.24, 2.45) is 0 Å². The number of H-pyrrole nitrogens is 1. The highest BCUT2D eigenvalue weighted by molar-refractivity contribution is 7.71. The molecule has 0 bridgehead atoms. The zero-order chi connectivity index (χ0) is 13.8. The number of benzene rings is 1. The fourth-order valence-corrected chi connectivity index (χ4v) is 2.48. The summed E-state index contributed by atoms with van der Waals surface area (Å²) in [5.74, 6) is 0. The van der Waals surface area contributed by atoms with Gasteiger partial charge in [-0.3, -0.25) is 0 Å². The monoisotopic (exact) mass is 278 g/mol. The van der Waals surface area contributed by atoms with E-state index in [4.69, 9.17) is 17.0 Å². The van der Waals surface area contributed by atoms with Crippen LogP contribution in [0.4, 0.5) is 0 Å². The molecule has 2 aromatic rings. The zero-order valence-corrected chi connectivity index (χ0v) is 12.7. The summed E-state index contributed by atoms with van der Waals surface area (Å²) in [6.45, 7) is 8.02.